The zero-order valence-corrected chi connectivity index (χ0v) is 8.51. The molecule has 13 heavy (non-hydrogen) atoms. The van der Waals surface area contributed by atoms with E-state index in [2.05, 4.69) is 0 Å². The van der Waals surface area contributed by atoms with Gasteiger partial charge in [0.2, 0.25) is 0 Å². The van der Waals surface area contributed by atoms with E-state index in [1.807, 2.05) is 0 Å². The largest absolute Gasteiger partial charge is 0.308 e. The fraction of sp³-hybridized carbons (Fsp3) is 0.429. The number of hydrogen-bond acceptors (Lipinski definition) is 3. The second-order valence-electron chi connectivity index (χ2n) is 3.01. The zero-order chi connectivity index (χ0) is 10.3. The van der Waals surface area contributed by atoms with Crippen molar-refractivity contribution in [1.82, 2.24) is 0 Å². The van der Waals surface area contributed by atoms with Crippen LogP contribution in [0.1, 0.15) is 6.92 Å². The predicted octanol–water partition coefficient (Wildman–Crippen LogP) is 0.653. The van der Waals surface area contributed by atoms with Gasteiger partial charge in [0.25, 0.3) is 10.1 Å². The zero-order valence-electron chi connectivity index (χ0n) is 6.94. The molecule has 0 spiro atoms. The third kappa shape index (κ3) is 2.31. The monoisotopic (exact) mass is 223 g/mol. The summed E-state index contributed by atoms with van der Waals surface area (Å²) in [5.41, 5.74) is 6.26. The number of rotatable bonds is 1. The first-order valence-electron chi connectivity index (χ1n) is 3.55. The Kier molecular flexibility index (Phi) is 2.55. The molecule has 0 bridgehead atoms. The lowest BCUT2D eigenvalue weighted by molar-refractivity contribution is 0.465. The lowest BCUT2D eigenvalue weighted by Gasteiger charge is -2.27. The Morgan fingerprint density at radius 2 is 2.23 bits per heavy atom. The molecule has 0 aliphatic heterocycles. The lowest BCUT2D eigenvalue weighted by atomic mass is 10.0. The Hall–Kier alpha value is -0.360. The SMILES string of the molecule is CC1=CC(N)(Cl)C(S(=O)(=O)O)C=C1. The highest BCUT2D eigenvalue weighted by atomic mass is 35.5. The Labute approximate surface area is 81.8 Å². The Bertz CT molecular complexity index is 369. The Morgan fingerprint density at radius 3 is 2.62 bits per heavy atom. The van der Waals surface area contributed by atoms with Crippen molar-refractivity contribution in [3.63, 3.8) is 0 Å². The fourth-order valence-corrected chi connectivity index (χ4v) is 2.58. The molecule has 0 aromatic heterocycles. The number of allylic oxidation sites excluding steroid dienone is 2. The van der Waals surface area contributed by atoms with E-state index in [0.29, 0.717) is 0 Å². The summed E-state index contributed by atoms with van der Waals surface area (Å²) in [5.74, 6) is 0. The summed E-state index contributed by atoms with van der Waals surface area (Å²) in [7, 11) is -4.25. The third-order valence-corrected chi connectivity index (χ3v) is 3.40. The topological polar surface area (TPSA) is 80.4 Å². The average molecular weight is 224 g/mol. The number of halogens is 1. The quantitative estimate of drug-likeness (QED) is 0.389. The predicted molar refractivity (Wildman–Crippen MR) is 51.0 cm³/mol. The van der Waals surface area contributed by atoms with Crippen LogP contribution in [0.5, 0.6) is 0 Å². The van der Waals surface area contributed by atoms with E-state index in [1.54, 1.807) is 13.0 Å². The van der Waals surface area contributed by atoms with Crippen molar-refractivity contribution in [2.24, 2.45) is 5.73 Å². The van der Waals surface area contributed by atoms with Gasteiger partial charge in [0, 0.05) is 0 Å². The first-order valence-corrected chi connectivity index (χ1v) is 5.43. The molecule has 4 nitrogen and oxygen atoms in total. The lowest BCUT2D eigenvalue weighted by Crippen LogP contribution is -2.48. The summed E-state index contributed by atoms with van der Waals surface area (Å²) < 4.78 is 30.4. The molecule has 0 aromatic rings. The minimum Gasteiger partial charge on any atom is -0.308 e. The molecule has 2 unspecified atom stereocenters. The molecule has 0 amide bonds. The molecule has 1 rings (SSSR count). The molecule has 74 valence electrons. The van der Waals surface area contributed by atoms with E-state index in [9.17, 15) is 8.42 Å². The van der Waals surface area contributed by atoms with Crippen LogP contribution in [0.4, 0.5) is 0 Å². The van der Waals surface area contributed by atoms with Gasteiger partial charge in [-0.2, -0.15) is 8.42 Å². The van der Waals surface area contributed by atoms with Crippen LogP contribution in [-0.2, 0) is 10.1 Å². The first-order chi connectivity index (χ1) is 5.73. The maximum absolute atomic E-state index is 10.8. The van der Waals surface area contributed by atoms with E-state index >= 15 is 0 Å². The van der Waals surface area contributed by atoms with E-state index < -0.39 is 20.4 Å². The average Bonchev–Trinajstić information content (AvgIpc) is 1.79. The van der Waals surface area contributed by atoms with Crippen molar-refractivity contribution in [3.8, 4) is 0 Å². The van der Waals surface area contributed by atoms with Crippen LogP contribution in [0.2, 0.25) is 0 Å². The minimum absolute atomic E-state index is 0.761. The summed E-state index contributed by atoms with van der Waals surface area (Å²) in [6.07, 6.45) is 4.22. The van der Waals surface area contributed by atoms with E-state index in [1.165, 1.54) is 12.2 Å². The van der Waals surface area contributed by atoms with Gasteiger partial charge in [0.15, 0.2) is 0 Å². The van der Waals surface area contributed by atoms with Crippen LogP contribution in [0.3, 0.4) is 0 Å². The maximum Gasteiger partial charge on any atom is 0.274 e. The molecule has 0 fully saturated rings. The van der Waals surface area contributed by atoms with Crippen molar-refractivity contribution in [1.29, 1.82) is 0 Å². The van der Waals surface area contributed by atoms with Gasteiger partial charge in [-0.1, -0.05) is 29.3 Å². The van der Waals surface area contributed by atoms with Crippen LogP contribution in [-0.4, -0.2) is 23.2 Å². The van der Waals surface area contributed by atoms with Crippen molar-refractivity contribution in [2.45, 2.75) is 17.2 Å². The molecule has 0 aromatic carbocycles. The van der Waals surface area contributed by atoms with E-state index in [-0.39, 0.29) is 0 Å². The van der Waals surface area contributed by atoms with Gasteiger partial charge in [0.1, 0.15) is 10.2 Å². The van der Waals surface area contributed by atoms with Crippen LogP contribution in [0, 0.1) is 0 Å². The van der Waals surface area contributed by atoms with Gasteiger partial charge in [-0.3, -0.25) is 4.55 Å². The molecule has 2 atom stereocenters. The van der Waals surface area contributed by atoms with Crippen LogP contribution < -0.4 is 5.73 Å². The third-order valence-electron chi connectivity index (χ3n) is 1.74. The van der Waals surface area contributed by atoms with Gasteiger partial charge < -0.3 is 5.73 Å². The van der Waals surface area contributed by atoms with Gasteiger partial charge in [-0.15, -0.1) is 0 Å². The second-order valence-corrected chi connectivity index (χ2v) is 5.20. The normalized spacial score (nSPS) is 34.5. The smallest absolute Gasteiger partial charge is 0.274 e. The standard InChI is InChI=1S/C7H10ClNO3S/c1-5-2-3-6(13(10,11)12)7(8,9)4-5/h2-4,6H,9H2,1H3,(H,10,11,12). The highest BCUT2D eigenvalue weighted by molar-refractivity contribution is 7.86. The van der Waals surface area contributed by atoms with E-state index in [4.69, 9.17) is 21.9 Å². The van der Waals surface area contributed by atoms with Gasteiger partial charge >= 0.3 is 0 Å². The summed E-state index contributed by atoms with van der Waals surface area (Å²) >= 11 is 5.73. The maximum atomic E-state index is 10.8. The number of alkyl halides is 1. The Balaban J connectivity index is 3.13. The molecule has 6 heteroatoms. The van der Waals surface area contributed by atoms with Gasteiger partial charge in [-0.25, -0.2) is 0 Å². The molecule has 3 N–H and O–H groups in total. The fourth-order valence-electron chi connectivity index (χ4n) is 1.19. The summed E-state index contributed by atoms with van der Waals surface area (Å²) in [6.45, 7) is 1.74. The molecule has 1 aliphatic rings. The molecule has 0 heterocycles. The Morgan fingerprint density at radius 1 is 1.69 bits per heavy atom. The van der Waals surface area contributed by atoms with E-state index in [0.717, 1.165) is 5.57 Å². The van der Waals surface area contributed by atoms with Crippen LogP contribution in [0.15, 0.2) is 23.8 Å². The van der Waals surface area contributed by atoms with Crippen molar-refractivity contribution < 1.29 is 13.0 Å². The molecular weight excluding hydrogens is 214 g/mol. The molecular formula is C7H10ClNO3S. The summed E-state index contributed by atoms with van der Waals surface area (Å²) in [6, 6.07) is 0. The summed E-state index contributed by atoms with van der Waals surface area (Å²) in [4.78, 5) is -1.56. The van der Waals surface area contributed by atoms with Crippen molar-refractivity contribution >= 4 is 21.7 Å². The molecule has 0 saturated heterocycles. The molecule has 0 saturated carbocycles. The highest BCUT2D eigenvalue weighted by Gasteiger charge is 2.39. The van der Waals surface area contributed by atoms with Crippen LogP contribution >= 0.6 is 11.6 Å². The number of nitrogens with two attached hydrogens (primary N) is 1. The van der Waals surface area contributed by atoms with Gasteiger partial charge in [0.05, 0.1) is 0 Å². The first kappa shape index (κ1) is 10.7. The number of hydrogen-bond donors (Lipinski definition) is 2. The second kappa shape index (κ2) is 3.09. The van der Waals surface area contributed by atoms with Crippen molar-refractivity contribution in [3.05, 3.63) is 23.8 Å². The molecule has 1 aliphatic carbocycles. The minimum atomic E-state index is -4.25. The van der Waals surface area contributed by atoms with Crippen molar-refractivity contribution in [2.75, 3.05) is 0 Å². The highest BCUT2D eigenvalue weighted by Crippen LogP contribution is 2.27. The summed E-state index contributed by atoms with van der Waals surface area (Å²) in [5, 5.41) is -1.29. The molecule has 0 radical (unpaired) electrons. The van der Waals surface area contributed by atoms with Gasteiger partial charge in [-0.05, 0) is 13.0 Å². The van der Waals surface area contributed by atoms with Crippen LogP contribution in [0.25, 0.3) is 0 Å².